The highest BCUT2D eigenvalue weighted by Gasteiger charge is 2.17. The monoisotopic (exact) mass is 394 g/mol. The van der Waals surface area contributed by atoms with Crippen LogP contribution < -0.4 is 4.52 Å². The number of rotatable bonds is 6. The van der Waals surface area contributed by atoms with Crippen molar-refractivity contribution in [1.29, 1.82) is 0 Å². The van der Waals surface area contributed by atoms with Crippen LogP contribution in [-0.2, 0) is 0 Å². The molecule has 0 spiro atoms. The lowest BCUT2D eigenvalue weighted by Gasteiger charge is -2.19. The minimum atomic E-state index is -2.49. The van der Waals surface area contributed by atoms with Crippen LogP contribution in [0.3, 0.4) is 0 Å². The maximum atomic E-state index is 9.46. The normalized spacial score (nSPS) is 11.5. The fourth-order valence-electron chi connectivity index (χ4n) is 3.58. The van der Waals surface area contributed by atoms with Gasteiger partial charge in [0.25, 0.3) is 0 Å². The van der Waals surface area contributed by atoms with Crippen molar-refractivity contribution in [2.75, 3.05) is 0 Å². The predicted octanol–water partition coefficient (Wildman–Crippen LogP) is 6.86. The van der Waals surface area contributed by atoms with Gasteiger partial charge in [-0.3, -0.25) is 0 Å². The van der Waals surface area contributed by atoms with Gasteiger partial charge in [-0.2, -0.15) is 0 Å². The van der Waals surface area contributed by atoms with Gasteiger partial charge in [0.05, 0.1) is 0 Å². The SMILES string of the molecule is CC(C)c1ccccc1-c1ccc(OP(O)O)c(-c2ccccc2C(C)C)c1. The lowest BCUT2D eigenvalue weighted by atomic mass is 9.88. The third-order valence-electron chi connectivity index (χ3n) is 4.93. The van der Waals surface area contributed by atoms with E-state index in [1.165, 1.54) is 16.7 Å². The molecule has 0 bridgehead atoms. The fraction of sp³-hybridized carbons (Fsp3) is 0.250. The summed E-state index contributed by atoms with van der Waals surface area (Å²) in [5, 5.41) is 0. The first kappa shape index (κ1) is 20.5. The van der Waals surface area contributed by atoms with Crippen LogP contribution in [0.5, 0.6) is 5.75 Å². The molecule has 0 heterocycles. The summed E-state index contributed by atoms with van der Waals surface area (Å²) in [5.41, 5.74) is 6.67. The highest BCUT2D eigenvalue weighted by atomic mass is 31.2. The van der Waals surface area contributed by atoms with E-state index in [-0.39, 0.29) is 0 Å². The van der Waals surface area contributed by atoms with Crippen LogP contribution in [0.25, 0.3) is 22.3 Å². The van der Waals surface area contributed by atoms with Crippen molar-refractivity contribution in [2.24, 2.45) is 0 Å². The van der Waals surface area contributed by atoms with Crippen LogP contribution in [0.1, 0.15) is 50.7 Å². The van der Waals surface area contributed by atoms with Gasteiger partial charge in [-0.25, -0.2) is 0 Å². The van der Waals surface area contributed by atoms with Gasteiger partial charge in [0.15, 0.2) is 0 Å². The molecule has 3 rings (SSSR count). The summed E-state index contributed by atoms with van der Waals surface area (Å²) in [6.45, 7) is 8.69. The second-order valence-corrected chi connectivity index (χ2v) is 8.23. The minimum absolute atomic E-state index is 0.334. The second kappa shape index (κ2) is 8.87. The van der Waals surface area contributed by atoms with Gasteiger partial charge in [0, 0.05) is 5.56 Å². The summed E-state index contributed by atoms with van der Waals surface area (Å²) in [7, 11) is -2.49. The van der Waals surface area contributed by atoms with Crippen LogP contribution in [0.4, 0.5) is 0 Å². The van der Waals surface area contributed by atoms with Crippen molar-refractivity contribution >= 4 is 8.60 Å². The van der Waals surface area contributed by atoms with E-state index < -0.39 is 8.60 Å². The molecule has 0 atom stereocenters. The van der Waals surface area contributed by atoms with Crippen molar-refractivity contribution < 1.29 is 14.3 Å². The van der Waals surface area contributed by atoms with E-state index in [0.717, 1.165) is 16.7 Å². The molecule has 0 saturated heterocycles. The smallest absolute Gasteiger partial charge is 0.391 e. The van der Waals surface area contributed by atoms with E-state index in [9.17, 15) is 9.79 Å². The van der Waals surface area contributed by atoms with Gasteiger partial charge in [0.2, 0.25) is 0 Å². The number of benzene rings is 3. The van der Waals surface area contributed by atoms with E-state index >= 15 is 0 Å². The first-order valence-corrected chi connectivity index (χ1v) is 10.7. The van der Waals surface area contributed by atoms with Crippen molar-refractivity contribution in [1.82, 2.24) is 0 Å². The Morgan fingerprint density at radius 2 is 1.21 bits per heavy atom. The molecule has 0 saturated carbocycles. The summed E-state index contributed by atoms with van der Waals surface area (Å²) in [6.07, 6.45) is 0. The predicted molar refractivity (Wildman–Crippen MR) is 117 cm³/mol. The highest BCUT2D eigenvalue weighted by molar-refractivity contribution is 7.39. The molecule has 0 radical (unpaired) electrons. The Hall–Kier alpha value is -2.19. The zero-order valence-corrected chi connectivity index (χ0v) is 17.6. The van der Waals surface area contributed by atoms with Crippen LogP contribution >= 0.6 is 8.60 Å². The molecule has 2 N–H and O–H groups in total. The number of hydrogen-bond donors (Lipinski definition) is 2. The molecule has 3 aromatic rings. The zero-order chi connectivity index (χ0) is 20.3. The summed E-state index contributed by atoms with van der Waals surface area (Å²) >= 11 is 0. The maximum Gasteiger partial charge on any atom is 0.391 e. The topological polar surface area (TPSA) is 49.7 Å². The molecule has 146 valence electrons. The maximum absolute atomic E-state index is 9.46. The molecule has 0 aliphatic carbocycles. The molecule has 0 aliphatic rings. The molecule has 4 heteroatoms. The summed E-state index contributed by atoms with van der Waals surface area (Å²) in [4.78, 5) is 18.9. The van der Waals surface area contributed by atoms with E-state index in [1.54, 1.807) is 0 Å². The van der Waals surface area contributed by atoms with Gasteiger partial charge >= 0.3 is 8.60 Å². The minimum Gasteiger partial charge on any atom is -0.426 e. The molecule has 0 aliphatic heterocycles. The zero-order valence-electron chi connectivity index (χ0n) is 16.8. The van der Waals surface area contributed by atoms with Gasteiger partial charge in [-0.15, -0.1) is 0 Å². The molecule has 0 amide bonds. The largest absolute Gasteiger partial charge is 0.426 e. The second-order valence-electron chi connectivity index (χ2n) is 7.54. The average molecular weight is 394 g/mol. The summed E-state index contributed by atoms with van der Waals surface area (Å²) in [6, 6.07) is 22.5. The third-order valence-corrected chi connectivity index (χ3v) is 5.29. The Morgan fingerprint density at radius 3 is 1.79 bits per heavy atom. The quantitative estimate of drug-likeness (QED) is 0.449. The Bertz CT molecular complexity index is 948. The van der Waals surface area contributed by atoms with Crippen molar-refractivity contribution in [2.45, 2.75) is 39.5 Å². The van der Waals surface area contributed by atoms with Crippen LogP contribution in [0, 0.1) is 0 Å². The van der Waals surface area contributed by atoms with Gasteiger partial charge in [0.1, 0.15) is 5.75 Å². The first-order chi connectivity index (χ1) is 13.4. The lowest BCUT2D eigenvalue weighted by molar-refractivity contribution is 0.375. The molecule has 3 nitrogen and oxygen atoms in total. The Kier molecular flexibility index (Phi) is 6.51. The van der Waals surface area contributed by atoms with Crippen LogP contribution in [0.15, 0.2) is 66.7 Å². The molecular weight excluding hydrogens is 367 g/mol. The third kappa shape index (κ3) is 4.44. The molecule has 0 aromatic heterocycles. The standard InChI is InChI=1S/C24H27O3P/c1-16(2)19-9-5-7-11-21(19)18-13-14-24(27-28(25)26)23(15-18)22-12-8-6-10-20(22)17(3)4/h5-17,25-26H,1-4H3. The summed E-state index contributed by atoms with van der Waals surface area (Å²) in [5.74, 6) is 1.22. The molecular formula is C24H27O3P. The van der Waals surface area contributed by atoms with Gasteiger partial charge < -0.3 is 14.3 Å². The number of hydrogen-bond acceptors (Lipinski definition) is 3. The van der Waals surface area contributed by atoms with E-state index in [4.69, 9.17) is 4.52 Å². The van der Waals surface area contributed by atoms with Crippen LogP contribution in [-0.4, -0.2) is 9.79 Å². The van der Waals surface area contributed by atoms with Gasteiger partial charge in [-0.05, 0) is 51.8 Å². The first-order valence-electron chi connectivity index (χ1n) is 9.57. The molecule has 3 aromatic carbocycles. The van der Waals surface area contributed by atoms with Crippen molar-refractivity contribution in [3.8, 4) is 28.0 Å². The highest BCUT2D eigenvalue weighted by Crippen LogP contribution is 2.42. The summed E-state index contributed by atoms with van der Waals surface area (Å²) < 4.78 is 5.38. The van der Waals surface area contributed by atoms with E-state index in [2.05, 4.69) is 64.1 Å². The van der Waals surface area contributed by atoms with Crippen molar-refractivity contribution in [3.05, 3.63) is 77.9 Å². The Balaban J connectivity index is 2.23. The van der Waals surface area contributed by atoms with E-state index in [1.807, 2.05) is 30.3 Å². The molecule has 0 unspecified atom stereocenters. The molecule has 0 fully saturated rings. The lowest BCUT2D eigenvalue weighted by Crippen LogP contribution is -1.97. The van der Waals surface area contributed by atoms with Crippen molar-refractivity contribution in [3.63, 3.8) is 0 Å². The molecule has 28 heavy (non-hydrogen) atoms. The van der Waals surface area contributed by atoms with Crippen LogP contribution in [0.2, 0.25) is 0 Å². The van der Waals surface area contributed by atoms with E-state index in [0.29, 0.717) is 17.6 Å². The Labute approximate surface area is 168 Å². The van der Waals surface area contributed by atoms with Gasteiger partial charge in [-0.1, -0.05) is 82.3 Å². The average Bonchev–Trinajstić information content (AvgIpc) is 2.68. The Morgan fingerprint density at radius 1 is 0.679 bits per heavy atom. The fourth-order valence-corrected chi connectivity index (χ4v) is 3.92.